The van der Waals surface area contributed by atoms with E-state index < -0.39 is 29.7 Å². The predicted molar refractivity (Wildman–Crippen MR) is 174 cm³/mol. The molecular weight excluding hydrogens is 580 g/mol. The van der Waals surface area contributed by atoms with Crippen molar-refractivity contribution in [1.29, 1.82) is 0 Å². The van der Waals surface area contributed by atoms with Gasteiger partial charge in [-0.2, -0.15) is 0 Å². The van der Waals surface area contributed by atoms with E-state index >= 15 is 0 Å². The van der Waals surface area contributed by atoms with E-state index in [0.717, 1.165) is 80.4 Å². The van der Waals surface area contributed by atoms with Crippen LogP contribution in [-0.4, -0.2) is 68.7 Å². The fraction of sp³-hybridized carbons (Fsp3) is 0.667. The van der Waals surface area contributed by atoms with Gasteiger partial charge in [-0.1, -0.05) is 83.2 Å². The van der Waals surface area contributed by atoms with Gasteiger partial charge in [0.05, 0.1) is 19.8 Å². The molecule has 0 aliphatic carbocycles. The topological polar surface area (TPSA) is 75.6 Å². The Labute approximate surface area is 269 Å². The van der Waals surface area contributed by atoms with Crippen molar-refractivity contribution >= 4 is 11.6 Å². The van der Waals surface area contributed by atoms with Crippen LogP contribution in [-0.2, 0) is 35.9 Å². The molecule has 0 aromatic heterocycles. The zero-order valence-electron chi connectivity index (χ0n) is 27.2. The van der Waals surface area contributed by atoms with E-state index in [2.05, 4.69) is 45.9 Å². The van der Waals surface area contributed by atoms with Gasteiger partial charge in [-0.05, 0) is 67.5 Å². The van der Waals surface area contributed by atoms with Crippen LogP contribution >= 0.6 is 11.6 Å². The van der Waals surface area contributed by atoms with Crippen molar-refractivity contribution in [2.24, 2.45) is 0 Å². The van der Waals surface area contributed by atoms with Crippen molar-refractivity contribution in [1.82, 2.24) is 0 Å². The molecule has 2 bridgehead atoms. The number of rotatable bonds is 20. The van der Waals surface area contributed by atoms with Gasteiger partial charge >= 0.3 is 0 Å². The number of benzene rings is 2. The highest BCUT2D eigenvalue weighted by Crippen LogP contribution is 2.52. The van der Waals surface area contributed by atoms with Crippen molar-refractivity contribution in [3.8, 4) is 5.75 Å². The second-order valence-corrected chi connectivity index (χ2v) is 12.5. The second kappa shape index (κ2) is 17.3. The summed E-state index contributed by atoms with van der Waals surface area (Å²) in [5.41, 5.74) is 1.78. The van der Waals surface area contributed by atoms with Crippen LogP contribution in [0.25, 0.3) is 0 Å². The standard InChI is InChI=1S/C36H53ClO7/c1-5-9-19-39-30-16-13-27(14-17-30)23-28-24-29(15-18-31(28)37)36-34(42-22-12-8-4)32(40-20-10-6-2)33(41-21-11-7-3)35(25-38,44-36)26-43-36/h13-18,24,32-34,38H,5-12,19-23,25-26H2,1-4H3/t32-,33-,34+,35-,36-/m0/s1. The molecule has 1 N–H and O–H groups in total. The molecule has 2 saturated heterocycles. The van der Waals surface area contributed by atoms with Gasteiger partial charge in [0.1, 0.15) is 29.7 Å². The molecule has 2 aliphatic rings. The monoisotopic (exact) mass is 632 g/mol. The fourth-order valence-corrected chi connectivity index (χ4v) is 6.09. The molecule has 2 fully saturated rings. The van der Waals surface area contributed by atoms with Crippen LogP contribution in [0.2, 0.25) is 5.02 Å². The summed E-state index contributed by atoms with van der Waals surface area (Å²) in [4.78, 5) is 0. The Hall–Kier alpha value is -1.71. The lowest BCUT2D eigenvalue weighted by Gasteiger charge is -2.50. The Morgan fingerprint density at radius 3 is 2.05 bits per heavy atom. The van der Waals surface area contributed by atoms with Crippen LogP contribution in [0.3, 0.4) is 0 Å². The molecule has 0 saturated carbocycles. The van der Waals surface area contributed by atoms with Gasteiger partial charge in [0.15, 0.2) is 0 Å². The van der Waals surface area contributed by atoms with E-state index in [4.69, 9.17) is 40.0 Å². The van der Waals surface area contributed by atoms with Gasteiger partial charge in [0, 0.05) is 30.4 Å². The Morgan fingerprint density at radius 2 is 1.41 bits per heavy atom. The normalized spacial score (nSPS) is 26.3. The number of hydrogen-bond acceptors (Lipinski definition) is 7. The van der Waals surface area contributed by atoms with E-state index in [0.29, 0.717) is 31.3 Å². The SMILES string of the molecule is CCCCOc1ccc(Cc2cc([C@]34OC[C@](CO)(O3)[C@@H](OCCCC)[C@H](OCCCC)[C@H]4OCCCC)ccc2Cl)cc1. The highest BCUT2D eigenvalue weighted by molar-refractivity contribution is 6.31. The first kappa shape index (κ1) is 35.1. The van der Waals surface area contributed by atoms with Gasteiger partial charge in [-0.25, -0.2) is 0 Å². The molecule has 2 aliphatic heterocycles. The van der Waals surface area contributed by atoms with Crippen molar-refractivity contribution in [2.75, 3.05) is 39.6 Å². The van der Waals surface area contributed by atoms with Gasteiger partial charge in [0.25, 0.3) is 0 Å². The number of aliphatic hydroxyl groups is 1. The number of aliphatic hydroxyl groups excluding tert-OH is 1. The zero-order chi connectivity index (χ0) is 31.4. The Morgan fingerprint density at radius 1 is 0.795 bits per heavy atom. The average Bonchev–Trinajstić information content (AvgIpc) is 3.40. The summed E-state index contributed by atoms with van der Waals surface area (Å²) in [6.45, 7) is 10.8. The molecule has 0 amide bonds. The minimum Gasteiger partial charge on any atom is -0.494 e. The third kappa shape index (κ3) is 8.16. The number of fused-ring (bicyclic) bond motifs is 2. The highest BCUT2D eigenvalue weighted by atomic mass is 35.5. The van der Waals surface area contributed by atoms with E-state index in [9.17, 15) is 5.11 Å². The predicted octanol–water partition coefficient (Wildman–Crippen LogP) is 7.61. The molecule has 4 rings (SSSR count). The second-order valence-electron chi connectivity index (χ2n) is 12.1. The van der Waals surface area contributed by atoms with Gasteiger partial charge in [-0.3, -0.25) is 0 Å². The molecule has 5 atom stereocenters. The number of ether oxygens (including phenoxy) is 6. The number of unbranched alkanes of at least 4 members (excludes halogenated alkanes) is 4. The molecule has 0 unspecified atom stereocenters. The molecule has 0 spiro atoms. The summed E-state index contributed by atoms with van der Waals surface area (Å²) in [5, 5.41) is 11.5. The first-order valence-electron chi connectivity index (χ1n) is 16.8. The van der Waals surface area contributed by atoms with Crippen molar-refractivity contribution < 1.29 is 33.5 Å². The van der Waals surface area contributed by atoms with Crippen LogP contribution in [0.5, 0.6) is 5.75 Å². The minimum atomic E-state index is -1.28. The maximum absolute atomic E-state index is 10.8. The van der Waals surface area contributed by atoms with E-state index in [1.54, 1.807) is 0 Å². The molecular formula is C36H53ClO7. The maximum atomic E-state index is 10.8. The molecule has 2 heterocycles. The van der Waals surface area contributed by atoms with Crippen molar-refractivity contribution in [3.63, 3.8) is 0 Å². The minimum absolute atomic E-state index is 0.166. The van der Waals surface area contributed by atoms with E-state index in [1.807, 2.05) is 24.3 Å². The summed E-state index contributed by atoms with van der Waals surface area (Å²) >= 11 is 6.78. The van der Waals surface area contributed by atoms with Gasteiger partial charge in [0.2, 0.25) is 5.79 Å². The lowest BCUT2D eigenvalue weighted by molar-refractivity contribution is -0.349. The summed E-state index contributed by atoms with van der Waals surface area (Å²) < 4.78 is 39.1. The van der Waals surface area contributed by atoms with E-state index in [-0.39, 0.29) is 13.2 Å². The maximum Gasteiger partial charge on any atom is 0.225 e. The highest BCUT2D eigenvalue weighted by Gasteiger charge is 2.69. The number of hydrogen-bond donors (Lipinski definition) is 1. The lowest BCUT2D eigenvalue weighted by atomic mass is 9.83. The first-order chi connectivity index (χ1) is 21.5. The van der Waals surface area contributed by atoms with Gasteiger partial charge < -0.3 is 33.5 Å². The Bertz CT molecular complexity index is 1130. The van der Waals surface area contributed by atoms with Crippen molar-refractivity contribution in [2.45, 2.75) is 115 Å². The molecule has 2 aromatic rings. The van der Waals surface area contributed by atoms with Gasteiger partial charge in [-0.15, -0.1) is 0 Å². The molecule has 0 radical (unpaired) electrons. The smallest absolute Gasteiger partial charge is 0.225 e. The van der Waals surface area contributed by atoms with E-state index in [1.165, 1.54) is 0 Å². The summed E-state index contributed by atoms with van der Waals surface area (Å²) in [6, 6.07) is 14.1. The average molecular weight is 633 g/mol. The van der Waals surface area contributed by atoms with Crippen LogP contribution in [0.1, 0.15) is 95.8 Å². The molecule has 246 valence electrons. The van der Waals surface area contributed by atoms with Crippen LogP contribution in [0.15, 0.2) is 42.5 Å². The third-order valence-corrected chi connectivity index (χ3v) is 8.94. The third-order valence-electron chi connectivity index (χ3n) is 8.57. The van der Waals surface area contributed by atoms with Crippen LogP contribution in [0.4, 0.5) is 0 Å². The molecule has 7 nitrogen and oxygen atoms in total. The molecule has 44 heavy (non-hydrogen) atoms. The van der Waals surface area contributed by atoms with Crippen LogP contribution < -0.4 is 4.74 Å². The quantitative estimate of drug-likeness (QED) is 0.151. The number of halogens is 1. The molecule has 8 heteroatoms. The first-order valence-corrected chi connectivity index (χ1v) is 17.1. The largest absolute Gasteiger partial charge is 0.494 e. The molecule has 2 aromatic carbocycles. The zero-order valence-corrected chi connectivity index (χ0v) is 27.9. The Balaban J connectivity index is 1.68. The summed E-state index contributed by atoms with van der Waals surface area (Å²) in [7, 11) is 0. The summed E-state index contributed by atoms with van der Waals surface area (Å²) in [6.07, 6.45) is 6.84. The lowest BCUT2D eigenvalue weighted by Crippen LogP contribution is -2.67. The van der Waals surface area contributed by atoms with Crippen LogP contribution in [0, 0.1) is 0 Å². The van der Waals surface area contributed by atoms with Crippen molar-refractivity contribution in [3.05, 3.63) is 64.2 Å². The summed E-state index contributed by atoms with van der Waals surface area (Å²) in [5.74, 6) is -0.415. The Kier molecular flexibility index (Phi) is 13.8. The fourth-order valence-electron chi connectivity index (χ4n) is 5.90.